The number of rotatable bonds is 4. The Hall–Kier alpha value is -2.07. The van der Waals surface area contributed by atoms with Gasteiger partial charge in [-0.1, -0.05) is 29.8 Å². The van der Waals surface area contributed by atoms with Gasteiger partial charge in [0.1, 0.15) is 5.82 Å². The molecule has 0 saturated carbocycles. The number of nitrogens with one attached hydrogen (secondary N) is 2. The number of hydrogen-bond donors (Lipinski definition) is 2. The molecule has 3 nitrogen and oxygen atoms in total. The van der Waals surface area contributed by atoms with Gasteiger partial charge < -0.3 is 10.6 Å². The van der Waals surface area contributed by atoms with Crippen molar-refractivity contribution in [3.8, 4) is 0 Å². The molecule has 0 heterocycles. The summed E-state index contributed by atoms with van der Waals surface area (Å²) in [5.74, 6) is -0.503. The van der Waals surface area contributed by atoms with Gasteiger partial charge in [-0.25, -0.2) is 4.39 Å². The number of anilines is 2. The maximum Gasteiger partial charge on any atom is 0.221 e. The van der Waals surface area contributed by atoms with E-state index in [4.69, 9.17) is 11.6 Å². The van der Waals surface area contributed by atoms with Crippen LogP contribution < -0.4 is 10.6 Å². The van der Waals surface area contributed by atoms with E-state index < -0.39 is 0 Å². The first kappa shape index (κ1) is 14.3. The fourth-order valence-corrected chi connectivity index (χ4v) is 2.04. The molecule has 0 spiro atoms. The quantitative estimate of drug-likeness (QED) is 0.892. The predicted octanol–water partition coefficient (Wildman–Crippen LogP) is 4.05. The lowest BCUT2D eigenvalue weighted by molar-refractivity contribution is -0.114. The fourth-order valence-electron chi connectivity index (χ4n) is 1.81. The highest BCUT2D eigenvalue weighted by atomic mass is 35.5. The molecule has 0 aliphatic rings. The van der Waals surface area contributed by atoms with Crippen molar-refractivity contribution in [2.24, 2.45) is 0 Å². The van der Waals surface area contributed by atoms with Crippen molar-refractivity contribution >= 4 is 28.9 Å². The summed E-state index contributed by atoms with van der Waals surface area (Å²) in [4.78, 5) is 11.1. The number of halogens is 2. The van der Waals surface area contributed by atoms with E-state index in [1.165, 1.54) is 19.1 Å². The van der Waals surface area contributed by atoms with Crippen LogP contribution >= 0.6 is 11.6 Å². The molecular weight excluding hydrogens is 279 g/mol. The first-order valence-corrected chi connectivity index (χ1v) is 6.48. The van der Waals surface area contributed by atoms with Crippen LogP contribution in [0.25, 0.3) is 0 Å². The van der Waals surface area contributed by atoms with Crippen LogP contribution in [0.4, 0.5) is 15.8 Å². The summed E-state index contributed by atoms with van der Waals surface area (Å²) in [6.45, 7) is 1.93. The first-order chi connectivity index (χ1) is 9.56. The third-order valence-corrected chi connectivity index (χ3v) is 3.04. The molecule has 2 aromatic rings. The van der Waals surface area contributed by atoms with Crippen molar-refractivity contribution in [1.29, 1.82) is 0 Å². The van der Waals surface area contributed by atoms with Crippen molar-refractivity contribution in [3.63, 3.8) is 0 Å². The molecule has 2 rings (SSSR count). The Kier molecular flexibility index (Phi) is 4.58. The molecule has 20 heavy (non-hydrogen) atoms. The van der Waals surface area contributed by atoms with Crippen LogP contribution in [0.15, 0.2) is 42.5 Å². The van der Waals surface area contributed by atoms with Crippen molar-refractivity contribution < 1.29 is 9.18 Å². The predicted molar refractivity (Wildman–Crippen MR) is 79.5 cm³/mol. The zero-order valence-corrected chi connectivity index (χ0v) is 11.7. The van der Waals surface area contributed by atoms with Crippen LogP contribution in [0, 0.1) is 5.82 Å². The van der Waals surface area contributed by atoms with E-state index in [0.717, 1.165) is 11.3 Å². The number of hydrogen-bond acceptors (Lipinski definition) is 2. The van der Waals surface area contributed by atoms with Gasteiger partial charge >= 0.3 is 0 Å². The highest BCUT2D eigenvalue weighted by Crippen LogP contribution is 2.24. The number of carbonyl (C=O) groups is 1. The average Bonchev–Trinajstić information content (AvgIpc) is 2.39. The van der Waals surface area contributed by atoms with Crippen molar-refractivity contribution in [1.82, 2.24) is 0 Å². The summed E-state index contributed by atoms with van der Waals surface area (Å²) < 4.78 is 13.0. The molecular formula is C15H14ClFN2O. The molecule has 0 bridgehead atoms. The Morgan fingerprint density at radius 2 is 1.95 bits per heavy atom. The van der Waals surface area contributed by atoms with Crippen molar-refractivity contribution in [2.45, 2.75) is 13.5 Å². The van der Waals surface area contributed by atoms with Gasteiger partial charge in [-0.05, 0) is 29.8 Å². The Morgan fingerprint density at radius 1 is 1.20 bits per heavy atom. The standard InChI is InChI=1S/C15H14ClFN2O/c1-10(20)19-14-5-3-2-4-11(14)9-18-15-7-6-12(17)8-13(15)16/h2-8,18H,9H2,1H3,(H,19,20). The van der Waals surface area contributed by atoms with E-state index in [1.54, 1.807) is 6.07 Å². The number of benzene rings is 2. The molecule has 0 aliphatic carbocycles. The first-order valence-electron chi connectivity index (χ1n) is 6.10. The molecule has 104 valence electrons. The number of para-hydroxylation sites is 1. The third kappa shape index (κ3) is 3.71. The minimum absolute atomic E-state index is 0.128. The van der Waals surface area contributed by atoms with Crippen LogP contribution in [-0.2, 0) is 11.3 Å². The Labute approximate surface area is 121 Å². The molecule has 0 aromatic heterocycles. The fraction of sp³-hybridized carbons (Fsp3) is 0.133. The van der Waals surface area contributed by atoms with Gasteiger partial charge in [-0.3, -0.25) is 4.79 Å². The van der Waals surface area contributed by atoms with Gasteiger partial charge in [-0.15, -0.1) is 0 Å². The molecule has 0 unspecified atom stereocenters. The maximum absolute atomic E-state index is 13.0. The van der Waals surface area contributed by atoms with Gasteiger partial charge in [0.2, 0.25) is 5.91 Å². The lowest BCUT2D eigenvalue weighted by Gasteiger charge is -2.12. The van der Waals surface area contributed by atoms with E-state index >= 15 is 0 Å². The third-order valence-electron chi connectivity index (χ3n) is 2.73. The minimum Gasteiger partial charge on any atom is -0.380 e. The minimum atomic E-state index is -0.376. The highest BCUT2D eigenvalue weighted by Gasteiger charge is 2.05. The van der Waals surface area contributed by atoms with E-state index in [-0.39, 0.29) is 11.7 Å². The number of carbonyl (C=O) groups excluding carboxylic acids is 1. The van der Waals surface area contributed by atoms with Gasteiger partial charge in [0.15, 0.2) is 0 Å². The molecule has 0 fully saturated rings. The lowest BCUT2D eigenvalue weighted by Crippen LogP contribution is -2.10. The molecule has 2 aromatic carbocycles. The maximum atomic E-state index is 13.0. The average molecular weight is 293 g/mol. The zero-order chi connectivity index (χ0) is 14.5. The lowest BCUT2D eigenvalue weighted by atomic mass is 10.1. The van der Waals surface area contributed by atoms with Crippen LogP contribution in [0.2, 0.25) is 5.02 Å². The topological polar surface area (TPSA) is 41.1 Å². The number of amides is 1. The SMILES string of the molecule is CC(=O)Nc1ccccc1CNc1ccc(F)cc1Cl. The summed E-state index contributed by atoms with van der Waals surface area (Å²) in [6.07, 6.45) is 0. The van der Waals surface area contributed by atoms with Crippen LogP contribution in [0.5, 0.6) is 0 Å². The summed E-state index contributed by atoms with van der Waals surface area (Å²) in [6, 6.07) is 11.6. The second-order valence-corrected chi connectivity index (χ2v) is 4.72. The summed E-state index contributed by atoms with van der Waals surface area (Å²) in [5, 5.41) is 6.20. The van der Waals surface area contributed by atoms with Crippen LogP contribution in [0.3, 0.4) is 0 Å². The molecule has 0 saturated heterocycles. The van der Waals surface area contributed by atoms with E-state index in [0.29, 0.717) is 17.3 Å². The van der Waals surface area contributed by atoms with Crippen LogP contribution in [0.1, 0.15) is 12.5 Å². The van der Waals surface area contributed by atoms with E-state index in [9.17, 15) is 9.18 Å². The van der Waals surface area contributed by atoms with Crippen LogP contribution in [-0.4, -0.2) is 5.91 Å². The summed E-state index contributed by atoms with van der Waals surface area (Å²) in [5.41, 5.74) is 2.31. The largest absolute Gasteiger partial charge is 0.380 e. The molecule has 5 heteroatoms. The molecule has 1 amide bonds. The van der Waals surface area contributed by atoms with Gasteiger partial charge in [0.25, 0.3) is 0 Å². The second-order valence-electron chi connectivity index (χ2n) is 4.32. The Morgan fingerprint density at radius 3 is 2.65 bits per heavy atom. The Bertz CT molecular complexity index is 631. The van der Waals surface area contributed by atoms with E-state index in [1.807, 2.05) is 24.3 Å². The molecule has 0 radical (unpaired) electrons. The highest BCUT2D eigenvalue weighted by molar-refractivity contribution is 6.33. The summed E-state index contributed by atoms with van der Waals surface area (Å²) >= 11 is 5.95. The van der Waals surface area contributed by atoms with Gasteiger partial charge in [0.05, 0.1) is 10.7 Å². The van der Waals surface area contributed by atoms with Gasteiger partial charge in [0, 0.05) is 19.2 Å². The monoisotopic (exact) mass is 292 g/mol. The molecule has 0 aliphatic heterocycles. The second kappa shape index (κ2) is 6.39. The van der Waals surface area contributed by atoms with Crippen molar-refractivity contribution in [3.05, 3.63) is 58.9 Å². The molecule has 0 atom stereocenters. The smallest absolute Gasteiger partial charge is 0.221 e. The van der Waals surface area contributed by atoms with E-state index in [2.05, 4.69) is 10.6 Å². The molecule has 2 N–H and O–H groups in total. The summed E-state index contributed by atoms with van der Waals surface area (Å²) in [7, 11) is 0. The zero-order valence-electron chi connectivity index (χ0n) is 10.9. The normalized spacial score (nSPS) is 10.2. The Balaban J connectivity index is 2.12. The van der Waals surface area contributed by atoms with Crippen molar-refractivity contribution in [2.75, 3.05) is 10.6 Å². The van der Waals surface area contributed by atoms with Gasteiger partial charge in [-0.2, -0.15) is 0 Å².